The van der Waals surface area contributed by atoms with Gasteiger partial charge in [-0.3, -0.25) is 4.79 Å². The third-order valence-electron chi connectivity index (χ3n) is 11.4. The Balaban J connectivity index is 1.10. The molecule has 24 nitrogen and oxygen atoms in total. The molecule has 350 valence electrons. The molecule has 3 aromatic rings. The van der Waals surface area contributed by atoms with Crippen LogP contribution in [0.4, 0.5) is 0 Å². The fraction of sp³-hybridized carbons (Fsp3) is 0.615. The van der Waals surface area contributed by atoms with Gasteiger partial charge >= 0.3 is 0 Å². The number of ether oxygens (including phenoxy) is 8. The van der Waals surface area contributed by atoms with E-state index in [4.69, 9.17) is 42.3 Å². The molecule has 2 aromatic carbocycles. The van der Waals surface area contributed by atoms with Crippen LogP contribution in [0, 0.1) is 0 Å². The van der Waals surface area contributed by atoms with Crippen molar-refractivity contribution in [3.05, 3.63) is 52.9 Å². The summed E-state index contributed by atoms with van der Waals surface area (Å²) in [5.41, 5.74) is -0.657. The normalized spacial score (nSPS) is 41.0. The highest BCUT2D eigenvalue weighted by Gasteiger charge is 2.52. The Kier molecular flexibility index (Phi) is 14.6. The maximum atomic E-state index is 13.7. The SMILES string of the molecule is CC1OC(OCC2OC(Oc3ccc(-c4coc5cc(OC6OC(CO)C(O)C(O)C6O)cc(O)c5c4=O)cc3)C(OC3OC(CO)C(O)C(O)C3O)C(O)C2O)C(O)C(O)C1O. The van der Waals surface area contributed by atoms with Gasteiger partial charge in [-0.05, 0) is 24.6 Å². The minimum atomic E-state index is -1.93. The van der Waals surface area contributed by atoms with Crippen LogP contribution in [0.25, 0.3) is 22.1 Å². The van der Waals surface area contributed by atoms with E-state index in [0.717, 1.165) is 12.3 Å². The second-order valence-corrected chi connectivity index (χ2v) is 15.6. The zero-order chi connectivity index (χ0) is 45.6. The number of benzene rings is 2. The lowest BCUT2D eigenvalue weighted by atomic mass is 9.97. The molecule has 0 spiro atoms. The third kappa shape index (κ3) is 9.38. The summed E-state index contributed by atoms with van der Waals surface area (Å²) in [6.07, 6.45) is -31.7. The molecule has 4 aliphatic heterocycles. The summed E-state index contributed by atoms with van der Waals surface area (Å²) in [6.45, 7) is -0.701. The Hall–Kier alpha value is -3.71. The molecule has 4 aliphatic rings. The minimum absolute atomic E-state index is 0.00519. The summed E-state index contributed by atoms with van der Waals surface area (Å²) < 4.78 is 50.8. The second-order valence-electron chi connectivity index (χ2n) is 15.6. The van der Waals surface area contributed by atoms with Crippen LogP contribution in [0.15, 0.2) is 51.9 Å². The minimum Gasteiger partial charge on any atom is -0.507 e. The van der Waals surface area contributed by atoms with Crippen molar-refractivity contribution in [2.75, 3.05) is 19.8 Å². The fourth-order valence-electron chi connectivity index (χ4n) is 7.58. The molecule has 4 saturated heterocycles. The molecule has 24 heteroatoms. The first-order valence-electron chi connectivity index (χ1n) is 19.8. The highest BCUT2D eigenvalue weighted by atomic mass is 16.8. The number of phenolic OH excluding ortho intramolecular Hbond substituents is 1. The van der Waals surface area contributed by atoms with Gasteiger partial charge in [0.15, 0.2) is 18.7 Å². The maximum absolute atomic E-state index is 13.7. The first kappa shape index (κ1) is 47.3. The summed E-state index contributed by atoms with van der Waals surface area (Å²) in [7, 11) is 0. The second kappa shape index (κ2) is 19.4. The van der Waals surface area contributed by atoms with Gasteiger partial charge in [0.25, 0.3) is 0 Å². The van der Waals surface area contributed by atoms with E-state index in [0.29, 0.717) is 0 Å². The van der Waals surface area contributed by atoms with Crippen molar-refractivity contribution in [3.8, 4) is 28.4 Å². The highest BCUT2D eigenvalue weighted by Crippen LogP contribution is 2.35. The van der Waals surface area contributed by atoms with E-state index in [2.05, 4.69) is 0 Å². The zero-order valence-electron chi connectivity index (χ0n) is 33.1. The van der Waals surface area contributed by atoms with Crippen LogP contribution in [-0.4, -0.2) is 214 Å². The van der Waals surface area contributed by atoms with Gasteiger partial charge in [0.05, 0.1) is 31.5 Å². The van der Waals surface area contributed by atoms with E-state index < -0.39 is 154 Å². The molecule has 20 unspecified atom stereocenters. The summed E-state index contributed by atoms with van der Waals surface area (Å²) in [5.74, 6) is -0.774. The van der Waals surface area contributed by atoms with Gasteiger partial charge in [0.1, 0.15) is 120 Å². The number of phenols is 1. The average molecular weight is 903 g/mol. The van der Waals surface area contributed by atoms with E-state index in [-0.39, 0.29) is 33.6 Å². The third-order valence-corrected chi connectivity index (χ3v) is 11.4. The van der Waals surface area contributed by atoms with Crippen LogP contribution in [-0.2, 0) is 28.4 Å². The molecule has 1 aromatic heterocycles. The molecular weight excluding hydrogens is 852 g/mol. The molecule has 0 radical (unpaired) electrons. The Bertz CT molecular complexity index is 2050. The van der Waals surface area contributed by atoms with Crippen LogP contribution in [0.1, 0.15) is 6.92 Å². The van der Waals surface area contributed by atoms with Gasteiger partial charge in [-0.2, -0.15) is 0 Å². The molecule has 0 aliphatic carbocycles. The van der Waals surface area contributed by atoms with E-state index in [1.165, 1.54) is 37.3 Å². The lowest BCUT2D eigenvalue weighted by Crippen LogP contribution is -2.65. The molecule has 0 saturated carbocycles. The van der Waals surface area contributed by atoms with E-state index >= 15 is 0 Å². The topological polar surface area (TPSA) is 387 Å². The van der Waals surface area contributed by atoms with E-state index in [9.17, 15) is 76.3 Å². The standard InChI is InChI=1S/C39H50O24/c1-12-23(43)28(48)32(52)36(57-12)56-11-21-27(47)31(51)35(63-38-34(54)30(50)26(46)20(9-41)61-38)39(62-21)58-14-4-2-13(3-5-14)16-10-55-18-7-15(6-17(42)22(18)24(16)44)59-37-33(53)29(49)25(45)19(8-40)60-37/h2-7,10,12,19-21,23,25-43,45-54H,8-9,11H2,1H3. The largest absolute Gasteiger partial charge is 0.507 e. The first-order valence-corrected chi connectivity index (χ1v) is 19.8. The number of rotatable bonds is 12. The Morgan fingerprint density at radius 1 is 0.571 bits per heavy atom. The molecule has 14 N–H and O–H groups in total. The Labute approximate surface area is 355 Å². The summed E-state index contributed by atoms with van der Waals surface area (Å²) >= 11 is 0. The predicted molar refractivity (Wildman–Crippen MR) is 202 cm³/mol. The smallest absolute Gasteiger partial charge is 0.229 e. The highest BCUT2D eigenvalue weighted by molar-refractivity contribution is 5.88. The molecule has 20 atom stereocenters. The van der Waals surface area contributed by atoms with Crippen molar-refractivity contribution in [1.29, 1.82) is 0 Å². The molecule has 5 heterocycles. The molecule has 0 bridgehead atoms. The van der Waals surface area contributed by atoms with Gasteiger partial charge in [-0.1, -0.05) is 12.1 Å². The van der Waals surface area contributed by atoms with Crippen LogP contribution in [0.3, 0.4) is 0 Å². The number of hydrogen-bond donors (Lipinski definition) is 14. The number of aromatic hydroxyl groups is 1. The Morgan fingerprint density at radius 3 is 1.75 bits per heavy atom. The number of hydrogen-bond acceptors (Lipinski definition) is 24. The van der Waals surface area contributed by atoms with Crippen molar-refractivity contribution in [2.24, 2.45) is 0 Å². The first-order chi connectivity index (χ1) is 29.9. The van der Waals surface area contributed by atoms with Crippen molar-refractivity contribution in [3.63, 3.8) is 0 Å². The average Bonchev–Trinajstić information content (AvgIpc) is 3.26. The lowest BCUT2D eigenvalue weighted by molar-refractivity contribution is -0.362. The van der Waals surface area contributed by atoms with Gasteiger partial charge < -0.3 is 114 Å². The van der Waals surface area contributed by atoms with Crippen LogP contribution >= 0.6 is 0 Å². The van der Waals surface area contributed by atoms with E-state index in [1.54, 1.807) is 0 Å². The lowest BCUT2D eigenvalue weighted by Gasteiger charge is -2.46. The molecular formula is C39H50O24. The Morgan fingerprint density at radius 2 is 1.11 bits per heavy atom. The van der Waals surface area contributed by atoms with Gasteiger partial charge in [-0.25, -0.2) is 0 Å². The van der Waals surface area contributed by atoms with Crippen LogP contribution in [0.2, 0.25) is 0 Å². The fourth-order valence-corrected chi connectivity index (χ4v) is 7.58. The zero-order valence-corrected chi connectivity index (χ0v) is 33.1. The van der Waals surface area contributed by atoms with Gasteiger partial charge in [0, 0.05) is 12.1 Å². The van der Waals surface area contributed by atoms with Crippen LogP contribution in [0.5, 0.6) is 17.2 Å². The van der Waals surface area contributed by atoms with Crippen LogP contribution < -0.4 is 14.9 Å². The monoisotopic (exact) mass is 902 g/mol. The summed E-state index contributed by atoms with van der Waals surface area (Å²) in [6, 6.07) is 7.75. The number of aliphatic hydroxyl groups is 13. The van der Waals surface area contributed by atoms with Crippen molar-refractivity contribution in [2.45, 2.75) is 130 Å². The van der Waals surface area contributed by atoms with Gasteiger partial charge in [0.2, 0.25) is 18.0 Å². The van der Waals surface area contributed by atoms with Gasteiger partial charge in [-0.15, -0.1) is 0 Å². The molecule has 7 rings (SSSR count). The molecule has 0 amide bonds. The summed E-state index contributed by atoms with van der Waals surface area (Å²) in [5, 5.41) is 145. The van der Waals surface area contributed by atoms with Crippen molar-refractivity contribution in [1.82, 2.24) is 0 Å². The molecule has 4 fully saturated rings. The number of fused-ring (bicyclic) bond motifs is 1. The van der Waals surface area contributed by atoms with Crippen molar-refractivity contribution < 1.29 is 114 Å². The molecule has 63 heavy (non-hydrogen) atoms. The van der Waals surface area contributed by atoms with Crippen molar-refractivity contribution >= 4 is 11.0 Å². The number of aliphatic hydroxyl groups excluding tert-OH is 13. The summed E-state index contributed by atoms with van der Waals surface area (Å²) in [4.78, 5) is 13.7. The quantitative estimate of drug-likeness (QED) is 0.0805. The maximum Gasteiger partial charge on any atom is 0.229 e. The van der Waals surface area contributed by atoms with E-state index in [1.807, 2.05) is 0 Å². The predicted octanol–water partition coefficient (Wildman–Crippen LogP) is -5.80.